The summed E-state index contributed by atoms with van der Waals surface area (Å²) in [6.45, 7) is 0. The normalized spacial score (nSPS) is 10.2. The second-order valence-electron chi connectivity index (χ2n) is 3.29. The Bertz CT molecular complexity index is 474. The Labute approximate surface area is 120 Å². The van der Waals surface area contributed by atoms with Gasteiger partial charge in [0.15, 0.2) is 0 Å². The van der Waals surface area contributed by atoms with Crippen LogP contribution in [0.25, 0.3) is 0 Å². The minimum Gasteiger partial charge on any atom is -0.355 e. The van der Waals surface area contributed by atoms with Crippen LogP contribution in [0.1, 0.15) is 0 Å². The van der Waals surface area contributed by atoms with Crippen molar-refractivity contribution < 1.29 is 0 Å². The number of hydrogen-bond donors (Lipinski definition) is 1. The molecule has 0 aliphatic rings. The lowest BCUT2D eigenvalue weighted by Crippen LogP contribution is -1.89. The molecule has 0 saturated carbocycles. The molecule has 2 rings (SSSR count). The zero-order valence-corrected chi connectivity index (χ0v) is 12.9. The summed E-state index contributed by atoms with van der Waals surface area (Å²) in [5.41, 5.74) is 2.11. The van der Waals surface area contributed by atoms with Gasteiger partial charge in [-0.15, -0.1) is 0 Å². The van der Waals surface area contributed by atoms with Crippen molar-refractivity contribution in [2.45, 2.75) is 0 Å². The third-order valence-electron chi connectivity index (χ3n) is 2.00. The van der Waals surface area contributed by atoms with Crippen molar-refractivity contribution in [1.29, 1.82) is 0 Å². The largest absolute Gasteiger partial charge is 0.355 e. The minimum absolute atomic E-state index is 1.04. The molecule has 4 heteroatoms. The molecule has 0 saturated heterocycles. The number of nitrogens with one attached hydrogen (secondary N) is 1. The van der Waals surface area contributed by atoms with Gasteiger partial charge in [0.1, 0.15) is 0 Å². The molecule has 2 aromatic rings. The van der Waals surface area contributed by atoms with Gasteiger partial charge in [-0.3, -0.25) is 0 Å². The fraction of sp³-hybridized carbons (Fsp3) is 0. The Hall–Kier alpha value is -0.320. The van der Waals surface area contributed by atoms with E-state index in [0.29, 0.717) is 0 Å². The van der Waals surface area contributed by atoms with E-state index in [-0.39, 0.29) is 0 Å². The van der Waals surface area contributed by atoms with Crippen molar-refractivity contribution in [2.75, 3.05) is 5.32 Å². The summed E-state index contributed by atoms with van der Waals surface area (Å²) in [4.78, 5) is 0. The lowest BCUT2D eigenvalue weighted by atomic mass is 10.3. The van der Waals surface area contributed by atoms with E-state index in [4.69, 9.17) is 0 Å². The molecule has 0 atom stereocenters. The lowest BCUT2D eigenvalue weighted by Gasteiger charge is -2.07. The van der Waals surface area contributed by atoms with Gasteiger partial charge in [0.2, 0.25) is 0 Å². The van der Waals surface area contributed by atoms with Crippen LogP contribution in [0, 0.1) is 0 Å². The monoisotopic (exact) mass is 403 g/mol. The Morgan fingerprint density at radius 2 is 1.19 bits per heavy atom. The summed E-state index contributed by atoms with van der Waals surface area (Å²) in [6, 6.07) is 14.1. The predicted octanol–water partition coefficient (Wildman–Crippen LogP) is 5.72. The van der Waals surface area contributed by atoms with E-state index in [1.807, 2.05) is 42.5 Å². The highest BCUT2D eigenvalue weighted by molar-refractivity contribution is 9.11. The highest BCUT2D eigenvalue weighted by Crippen LogP contribution is 2.26. The Morgan fingerprint density at radius 1 is 0.625 bits per heavy atom. The molecule has 0 unspecified atom stereocenters. The average Bonchev–Trinajstić information content (AvgIpc) is 2.20. The second-order valence-corrected chi connectivity index (χ2v) is 6.04. The van der Waals surface area contributed by atoms with Crippen LogP contribution in [0.2, 0.25) is 0 Å². The van der Waals surface area contributed by atoms with E-state index < -0.39 is 0 Å². The first-order valence-electron chi connectivity index (χ1n) is 4.62. The summed E-state index contributed by atoms with van der Waals surface area (Å²) in [7, 11) is 0. The summed E-state index contributed by atoms with van der Waals surface area (Å²) in [6.07, 6.45) is 0. The average molecular weight is 406 g/mol. The summed E-state index contributed by atoms with van der Waals surface area (Å²) in [5.74, 6) is 0. The topological polar surface area (TPSA) is 12.0 Å². The third kappa shape index (κ3) is 3.34. The molecule has 0 aromatic heterocycles. The first-order chi connectivity index (χ1) is 7.63. The Morgan fingerprint density at radius 3 is 1.75 bits per heavy atom. The number of anilines is 2. The molecule has 82 valence electrons. The molecule has 0 aliphatic heterocycles. The zero-order chi connectivity index (χ0) is 11.5. The van der Waals surface area contributed by atoms with E-state index in [0.717, 1.165) is 24.8 Å². The van der Waals surface area contributed by atoms with Crippen LogP contribution in [0.3, 0.4) is 0 Å². The maximum Gasteiger partial charge on any atom is 0.0406 e. The minimum atomic E-state index is 1.04. The summed E-state index contributed by atoms with van der Waals surface area (Å²) >= 11 is 10.3. The van der Waals surface area contributed by atoms with Crippen molar-refractivity contribution >= 4 is 59.2 Å². The molecule has 1 nitrogen and oxygen atoms in total. The van der Waals surface area contributed by atoms with E-state index in [1.165, 1.54) is 0 Å². The quantitative estimate of drug-likeness (QED) is 0.674. The van der Waals surface area contributed by atoms with Gasteiger partial charge < -0.3 is 5.32 Å². The van der Waals surface area contributed by atoms with Gasteiger partial charge >= 0.3 is 0 Å². The van der Waals surface area contributed by atoms with Crippen LogP contribution in [-0.4, -0.2) is 0 Å². The molecular weight excluding hydrogens is 398 g/mol. The molecule has 0 radical (unpaired) electrons. The smallest absolute Gasteiger partial charge is 0.0406 e. The number of benzene rings is 2. The standard InChI is InChI=1S/C12H8Br3N/c13-8-1-3-11(4-2-8)16-12-6-9(14)5-10(15)7-12/h1-7,16H. The van der Waals surface area contributed by atoms with Gasteiger partial charge in [0.25, 0.3) is 0 Å². The van der Waals surface area contributed by atoms with Crippen LogP contribution in [0.15, 0.2) is 55.9 Å². The Kier molecular flexibility index (Phi) is 4.05. The van der Waals surface area contributed by atoms with E-state index in [9.17, 15) is 0 Å². The molecule has 0 spiro atoms. The van der Waals surface area contributed by atoms with Crippen molar-refractivity contribution in [2.24, 2.45) is 0 Å². The molecule has 2 aromatic carbocycles. The fourth-order valence-electron chi connectivity index (χ4n) is 1.33. The molecule has 0 fully saturated rings. The highest BCUT2D eigenvalue weighted by Gasteiger charge is 1.98. The lowest BCUT2D eigenvalue weighted by molar-refractivity contribution is 1.51. The fourth-order valence-corrected chi connectivity index (χ4v) is 2.88. The molecule has 0 aliphatic carbocycles. The zero-order valence-electron chi connectivity index (χ0n) is 8.18. The van der Waals surface area contributed by atoms with Crippen molar-refractivity contribution in [3.8, 4) is 0 Å². The first-order valence-corrected chi connectivity index (χ1v) is 7.00. The van der Waals surface area contributed by atoms with Crippen molar-refractivity contribution in [3.63, 3.8) is 0 Å². The van der Waals surface area contributed by atoms with Gasteiger partial charge in [-0.25, -0.2) is 0 Å². The Balaban J connectivity index is 2.23. The number of rotatable bonds is 2. The van der Waals surface area contributed by atoms with Crippen LogP contribution < -0.4 is 5.32 Å². The molecule has 0 amide bonds. The van der Waals surface area contributed by atoms with Gasteiger partial charge in [-0.2, -0.15) is 0 Å². The van der Waals surface area contributed by atoms with Gasteiger partial charge in [-0.1, -0.05) is 47.8 Å². The maximum atomic E-state index is 3.46. The molecular formula is C12H8Br3N. The second kappa shape index (κ2) is 5.34. The number of hydrogen-bond acceptors (Lipinski definition) is 1. The third-order valence-corrected chi connectivity index (χ3v) is 3.44. The SMILES string of the molecule is Brc1ccc(Nc2cc(Br)cc(Br)c2)cc1. The molecule has 1 N–H and O–H groups in total. The molecule has 0 bridgehead atoms. The van der Waals surface area contributed by atoms with Crippen LogP contribution in [-0.2, 0) is 0 Å². The van der Waals surface area contributed by atoms with Gasteiger partial charge in [0, 0.05) is 24.8 Å². The van der Waals surface area contributed by atoms with Crippen LogP contribution in [0.5, 0.6) is 0 Å². The first kappa shape index (κ1) is 12.1. The predicted molar refractivity (Wildman–Crippen MR) is 79.3 cm³/mol. The number of halogens is 3. The highest BCUT2D eigenvalue weighted by atomic mass is 79.9. The molecule has 0 heterocycles. The van der Waals surface area contributed by atoms with E-state index >= 15 is 0 Å². The van der Waals surface area contributed by atoms with Crippen molar-refractivity contribution in [1.82, 2.24) is 0 Å². The molecule has 16 heavy (non-hydrogen) atoms. The van der Waals surface area contributed by atoms with E-state index in [2.05, 4.69) is 53.1 Å². The van der Waals surface area contributed by atoms with E-state index in [1.54, 1.807) is 0 Å². The van der Waals surface area contributed by atoms with Gasteiger partial charge in [-0.05, 0) is 42.5 Å². The van der Waals surface area contributed by atoms with Crippen LogP contribution in [0.4, 0.5) is 11.4 Å². The maximum absolute atomic E-state index is 3.46. The van der Waals surface area contributed by atoms with Crippen LogP contribution >= 0.6 is 47.8 Å². The summed E-state index contributed by atoms with van der Waals surface area (Å²) in [5, 5.41) is 3.33. The van der Waals surface area contributed by atoms with Gasteiger partial charge in [0.05, 0.1) is 0 Å². The van der Waals surface area contributed by atoms with Crippen molar-refractivity contribution in [3.05, 3.63) is 55.9 Å². The summed E-state index contributed by atoms with van der Waals surface area (Å²) < 4.78 is 3.16.